The molecule has 1 atom stereocenters. The largest absolute Gasteiger partial charge is 0.409 e. The third-order valence-corrected chi connectivity index (χ3v) is 4.20. The van der Waals surface area contributed by atoms with Gasteiger partial charge in [0, 0.05) is 32.7 Å². The SMILES string of the molecule is Cc1ccc(F)cc1CN1CCN(C(C)/C(N)=N/O)CC1. The summed E-state index contributed by atoms with van der Waals surface area (Å²) in [7, 11) is 0. The first-order valence-corrected chi connectivity index (χ1v) is 7.20. The second-order valence-corrected chi connectivity index (χ2v) is 5.58. The summed E-state index contributed by atoms with van der Waals surface area (Å²) in [5.74, 6) is 0.0548. The van der Waals surface area contributed by atoms with Gasteiger partial charge in [0.15, 0.2) is 5.84 Å². The Morgan fingerprint density at radius 2 is 2.05 bits per heavy atom. The maximum absolute atomic E-state index is 13.3. The monoisotopic (exact) mass is 294 g/mol. The zero-order valence-corrected chi connectivity index (χ0v) is 12.6. The summed E-state index contributed by atoms with van der Waals surface area (Å²) in [6.45, 7) is 8.18. The fraction of sp³-hybridized carbons (Fsp3) is 0.533. The van der Waals surface area contributed by atoms with Gasteiger partial charge in [-0.05, 0) is 37.1 Å². The van der Waals surface area contributed by atoms with Crippen molar-refractivity contribution in [2.24, 2.45) is 10.9 Å². The lowest BCUT2D eigenvalue weighted by atomic mass is 10.1. The minimum Gasteiger partial charge on any atom is -0.409 e. The molecule has 1 unspecified atom stereocenters. The van der Waals surface area contributed by atoms with Gasteiger partial charge in [-0.25, -0.2) is 4.39 Å². The molecule has 0 amide bonds. The van der Waals surface area contributed by atoms with Crippen LogP contribution in [0.4, 0.5) is 4.39 Å². The van der Waals surface area contributed by atoms with Gasteiger partial charge < -0.3 is 10.9 Å². The fourth-order valence-corrected chi connectivity index (χ4v) is 2.63. The molecule has 5 nitrogen and oxygen atoms in total. The topological polar surface area (TPSA) is 65.1 Å². The highest BCUT2D eigenvalue weighted by Gasteiger charge is 2.23. The van der Waals surface area contributed by atoms with E-state index in [4.69, 9.17) is 10.9 Å². The zero-order valence-electron chi connectivity index (χ0n) is 12.6. The summed E-state index contributed by atoms with van der Waals surface area (Å²) >= 11 is 0. The molecule has 0 aliphatic carbocycles. The van der Waals surface area contributed by atoms with E-state index in [0.29, 0.717) is 0 Å². The van der Waals surface area contributed by atoms with Crippen molar-refractivity contribution in [2.75, 3.05) is 26.2 Å². The molecule has 6 heteroatoms. The predicted octanol–water partition coefficient (Wildman–Crippen LogP) is 1.39. The highest BCUT2D eigenvalue weighted by Crippen LogP contribution is 2.15. The van der Waals surface area contributed by atoms with E-state index in [-0.39, 0.29) is 17.7 Å². The maximum atomic E-state index is 13.3. The lowest BCUT2D eigenvalue weighted by Gasteiger charge is -2.37. The average molecular weight is 294 g/mol. The first-order valence-electron chi connectivity index (χ1n) is 7.20. The number of oxime groups is 1. The van der Waals surface area contributed by atoms with Crippen molar-refractivity contribution < 1.29 is 9.60 Å². The van der Waals surface area contributed by atoms with Gasteiger partial charge in [0.25, 0.3) is 0 Å². The van der Waals surface area contributed by atoms with Crippen molar-refractivity contribution in [2.45, 2.75) is 26.4 Å². The Bertz CT molecular complexity index is 512. The molecule has 1 aromatic rings. The molecule has 1 aromatic carbocycles. The van der Waals surface area contributed by atoms with Crippen LogP contribution in [0.1, 0.15) is 18.1 Å². The Morgan fingerprint density at radius 3 is 2.67 bits per heavy atom. The molecule has 0 bridgehead atoms. The first-order chi connectivity index (χ1) is 10.0. The van der Waals surface area contributed by atoms with Crippen LogP contribution in [0.3, 0.4) is 0 Å². The molecule has 21 heavy (non-hydrogen) atoms. The molecule has 1 saturated heterocycles. The van der Waals surface area contributed by atoms with Gasteiger partial charge in [0.05, 0.1) is 6.04 Å². The third kappa shape index (κ3) is 3.92. The van der Waals surface area contributed by atoms with Gasteiger partial charge in [0.2, 0.25) is 0 Å². The van der Waals surface area contributed by atoms with Crippen molar-refractivity contribution in [3.63, 3.8) is 0 Å². The van der Waals surface area contributed by atoms with Gasteiger partial charge in [-0.15, -0.1) is 0 Å². The average Bonchev–Trinajstić information content (AvgIpc) is 2.50. The van der Waals surface area contributed by atoms with Crippen LogP contribution in [-0.2, 0) is 6.54 Å². The van der Waals surface area contributed by atoms with Crippen LogP contribution in [0.2, 0.25) is 0 Å². The van der Waals surface area contributed by atoms with Crippen LogP contribution in [0, 0.1) is 12.7 Å². The van der Waals surface area contributed by atoms with Crippen molar-refractivity contribution in [1.29, 1.82) is 0 Å². The summed E-state index contributed by atoms with van der Waals surface area (Å²) in [5.41, 5.74) is 7.79. The summed E-state index contributed by atoms with van der Waals surface area (Å²) < 4.78 is 13.3. The number of halogens is 1. The Kier molecular flexibility index (Phi) is 5.14. The molecular weight excluding hydrogens is 271 g/mol. The summed E-state index contributed by atoms with van der Waals surface area (Å²) in [6.07, 6.45) is 0. The lowest BCUT2D eigenvalue weighted by Crippen LogP contribution is -2.52. The molecule has 3 N–H and O–H groups in total. The van der Waals surface area contributed by atoms with E-state index in [1.165, 1.54) is 6.07 Å². The predicted molar refractivity (Wildman–Crippen MR) is 80.9 cm³/mol. The highest BCUT2D eigenvalue weighted by atomic mass is 19.1. The molecule has 0 aromatic heterocycles. The number of nitrogens with two attached hydrogens (primary N) is 1. The van der Waals surface area contributed by atoms with E-state index in [9.17, 15) is 4.39 Å². The molecule has 1 aliphatic heterocycles. The quantitative estimate of drug-likeness (QED) is 0.381. The first kappa shape index (κ1) is 15.7. The molecule has 1 heterocycles. The Balaban J connectivity index is 1.91. The van der Waals surface area contributed by atoms with Crippen LogP contribution < -0.4 is 5.73 Å². The van der Waals surface area contributed by atoms with E-state index in [0.717, 1.165) is 43.9 Å². The number of rotatable bonds is 4. The standard InChI is InChI=1S/C15H23FN4O/c1-11-3-4-14(16)9-13(11)10-19-5-7-20(8-6-19)12(2)15(17)18-21/h3-4,9,12,21H,5-8,10H2,1-2H3,(H2,17,18). The number of amidine groups is 1. The van der Waals surface area contributed by atoms with E-state index < -0.39 is 0 Å². The zero-order chi connectivity index (χ0) is 15.4. The lowest BCUT2D eigenvalue weighted by molar-refractivity contribution is 0.116. The number of aryl methyl sites for hydroxylation is 1. The number of nitrogens with zero attached hydrogens (tertiary/aromatic N) is 3. The Labute approximate surface area is 124 Å². The van der Waals surface area contributed by atoms with Crippen molar-refractivity contribution in [1.82, 2.24) is 9.80 Å². The molecule has 2 rings (SSSR count). The van der Waals surface area contributed by atoms with Crippen LogP contribution in [0.15, 0.2) is 23.4 Å². The number of benzene rings is 1. The van der Waals surface area contributed by atoms with Crippen LogP contribution >= 0.6 is 0 Å². The number of hydrogen-bond donors (Lipinski definition) is 2. The van der Waals surface area contributed by atoms with Gasteiger partial charge in [0.1, 0.15) is 5.82 Å². The molecule has 1 fully saturated rings. The van der Waals surface area contributed by atoms with Crippen molar-refractivity contribution in [3.05, 3.63) is 35.1 Å². The molecule has 116 valence electrons. The van der Waals surface area contributed by atoms with E-state index in [2.05, 4.69) is 15.0 Å². The van der Waals surface area contributed by atoms with Crippen LogP contribution in [0.5, 0.6) is 0 Å². The van der Waals surface area contributed by atoms with Gasteiger partial charge in [-0.1, -0.05) is 11.2 Å². The van der Waals surface area contributed by atoms with Crippen molar-refractivity contribution in [3.8, 4) is 0 Å². The van der Waals surface area contributed by atoms with E-state index >= 15 is 0 Å². The Morgan fingerprint density at radius 1 is 1.38 bits per heavy atom. The number of hydrogen-bond acceptors (Lipinski definition) is 4. The molecule has 0 saturated carbocycles. The molecule has 0 spiro atoms. The fourth-order valence-electron chi connectivity index (χ4n) is 2.63. The van der Waals surface area contributed by atoms with Crippen LogP contribution in [-0.4, -0.2) is 53.1 Å². The smallest absolute Gasteiger partial charge is 0.156 e. The maximum Gasteiger partial charge on any atom is 0.156 e. The molecule has 0 radical (unpaired) electrons. The van der Waals surface area contributed by atoms with Gasteiger partial charge >= 0.3 is 0 Å². The number of piperazine rings is 1. The molecular formula is C15H23FN4O. The summed E-state index contributed by atoms with van der Waals surface area (Å²) in [4.78, 5) is 4.49. The Hall–Kier alpha value is -1.66. The van der Waals surface area contributed by atoms with Crippen LogP contribution in [0.25, 0.3) is 0 Å². The summed E-state index contributed by atoms with van der Waals surface area (Å²) in [5, 5.41) is 11.8. The second-order valence-electron chi connectivity index (χ2n) is 5.58. The second kappa shape index (κ2) is 6.87. The molecule has 1 aliphatic rings. The summed E-state index contributed by atoms with van der Waals surface area (Å²) in [6, 6.07) is 4.87. The minimum absolute atomic E-state index is 0.0620. The highest BCUT2D eigenvalue weighted by molar-refractivity contribution is 5.84. The van der Waals surface area contributed by atoms with Crippen molar-refractivity contribution >= 4 is 5.84 Å². The van der Waals surface area contributed by atoms with E-state index in [1.54, 1.807) is 6.07 Å². The van der Waals surface area contributed by atoms with Gasteiger partial charge in [-0.2, -0.15) is 0 Å². The van der Waals surface area contributed by atoms with E-state index in [1.807, 2.05) is 19.9 Å². The third-order valence-electron chi connectivity index (χ3n) is 4.20. The normalized spacial score (nSPS) is 19.7. The minimum atomic E-state index is -0.185. The van der Waals surface area contributed by atoms with Gasteiger partial charge in [-0.3, -0.25) is 9.80 Å².